The van der Waals surface area contributed by atoms with Crippen LogP contribution in [0.1, 0.15) is 49.6 Å². The van der Waals surface area contributed by atoms with Crippen LogP contribution in [0.15, 0.2) is 53.3 Å². The highest BCUT2D eigenvalue weighted by Gasteiger charge is 2.28. The molecule has 1 saturated heterocycles. The molecule has 8 nitrogen and oxygen atoms in total. The van der Waals surface area contributed by atoms with Crippen LogP contribution >= 0.6 is 0 Å². The number of nitrogens with zero attached hydrogens (tertiary/aromatic N) is 3. The molecule has 0 radical (unpaired) electrons. The van der Waals surface area contributed by atoms with Crippen molar-refractivity contribution in [2.45, 2.75) is 45.6 Å². The van der Waals surface area contributed by atoms with Crippen molar-refractivity contribution in [3.05, 3.63) is 65.9 Å². The molecule has 2 aromatic carbocycles. The second-order valence-electron chi connectivity index (χ2n) is 8.85. The van der Waals surface area contributed by atoms with Crippen LogP contribution in [0.25, 0.3) is 0 Å². The smallest absolute Gasteiger partial charge is 0.324 e. The van der Waals surface area contributed by atoms with E-state index in [0.717, 1.165) is 48.2 Å². The van der Waals surface area contributed by atoms with Crippen molar-refractivity contribution in [3.63, 3.8) is 0 Å². The molecule has 4 rings (SSSR count). The lowest BCUT2D eigenvalue weighted by Gasteiger charge is -2.36. The van der Waals surface area contributed by atoms with E-state index in [9.17, 15) is 4.79 Å². The Bertz CT molecular complexity index is 1130. The van der Waals surface area contributed by atoms with E-state index < -0.39 is 0 Å². The third kappa shape index (κ3) is 6.11. The number of hydrogen-bond acceptors (Lipinski definition) is 6. The molecule has 192 valence electrons. The lowest BCUT2D eigenvalue weighted by molar-refractivity contribution is 0.191. The number of unbranched alkanes of at least 4 members (excludes halogenated alkanes) is 2. The summed E-state index contributed by atoms with van der Waals surface area (Å²) in [6.07, 6.45) is 7.89. The maximum Gasteiger partial charge on any atom is 0.324 e. The van der Waals surface area contributed by atoms with Gasteiger partial charge in [-0.25, -0.2) is 9.78 Å². The number of carbonyl (C=O) groups excluding carboxylic acids is 1. The highest BCUT2D eigenvalue weighted by molar-refractivity contribution is 5.93. The molecule has 0 atom stereocenters. The molecule has 1 aliphatic heterocycles. The second kappa shape index (κ2) is 12.3. The molecule has 1 fully saturated rings. The van der Waals surface area contributed by atoms with Crippen LogP contribution < -0.4 is 19.1 Å². The zero-order chi connectivity index (χ0) is 25.3. The van der Waals surface area contributed by atoms with Gasteiger partial charge in [-0.2, -0.15) is 0 Å². The van der Waals surface area contributed by atoms with E-state index in [0.29, 0.717) is 50.1 Å². The van der Waals surface area contributed by atoms with Crippen LogP contribution in [-0.4, -0.2) is 49.8 Å². The Morgan fingerprint density at radius 1 is 1.00 bits per heavy atom. The molecular formula is C28H35N3O5. The molecule has 1 aromatic heterocycles. The molecule has 0 saturated carbocycles. The summed E-state index contributed by atoms with van der Waals surface area (Å²) in [6, 6.07) is 11.7. The van der Waals surface area contributed by atoms with Crippen molar-refractivity contribution < 1.29 is 23.4 Å². The van der Waals surface area contributed by atoms with E-state index in [-0.39, 0.29) is 6.03 Å². The number of methoxy groups -OCH3 is 2. The van der Waals surface area contributed by atoms with Gasteiger partial charge in [0.2, 0.25) is 0 Å². The Balaban J connectivity index is 1.47. The number of aromatic nitrogens is 1. The van der Waals surface area contributed by atoms with E-state index in [2.05, 4.69) is 11.9 Å². The van der Waals surface area contributed by atoms with Gasteiger partial charge < -0.3 is 23.5 Å². The van der Waals surface area contributed by atoms with Gasteiger partial charge >= 0.3 is 6.03 Å². The standard InChI is InChI=1S/C28H35N3O5/c1-4-5-6-15-35-26-19-23(10-11-24(26)33-2)31-14-7-13-30(28(31)32)20-22-9-8-21(17-25(22)34-3)18-27-29-12-16-36-27/h8-12,16-17,19H,4-7,13-15,18,20H2,1-3H3. The van der Waals surface area contributed by atoms with E-state index in [1.807, 2.05) is 46.2 Å². The molecule has 3 aromatic rings. The van der Waals surface area contributed by atoms with Crippen molar-refractivity contribution in [3.8, 4) is 17.2 Å². The summed E-state index contributed by atoms with van der Waals surface area (Å²) < 4.78 is 22.5. The van der Waals surface area contributed by atoms with Gasteiger partial charge in [0, 0.05) is 36.8 Å². The Morgan fingerprint density at radius 3 is 2.61 bits per heavy atom. The summed E-state index contributed by atoms with van der Waals surface area (Å²) in [5.74, 6) is 2.74. The number of amides is 2. The van der Waals surface area contributed by atoms with Crippen LogP contribution in [0.5, 0.6) is 17.2 Å². The Kier molecular flexibility index (Phi) is 8.71. The largest absolute Gasteiger partial charge is 0.496 e. The molecule has 0 bridgehead atoms. The Hall–Kier alpha value is -3.68. The predicted molar refractivity (Wildman–Crippen MR) is 138 cm³/mol. The molecule has 0 N–H and O–H groups in total. The zero-order valence-electron chi connectivity index (χ0n) is 21.4. The molecule has 0 aliphatic carbocycles. The minimum atomic E-state index is -0.0331. The summed E-state index contributed by atoms with van der Waals surface area (Å²) in [5.41, 5.74) is 2.80. The monoisotopic (exact) mass is 493 g/mol. The number of rotatable bonds is 12. The first-order valence-electron chi connectivity index (χ1n) is 12.5. The Morgan fingerprint density at radius 2 is 1.86 bits per heavy atom. The SMILES string of the molecule is CCCCCOc1cc(N2CCCN(Cc3ccc(Cc4ncco4)cc3OC)C2=O)ccc1OC. The number of urea groups is 1. The minimum absolute atomic E-state index is 0.0331. The number of hydrogen-bond donors (Lipinski definition) is 0. The van der Waals surface area contributed by atoms with Gasteiger partial charge in [-0.05, 0) is 36.6 Å². The summed E-state index contributed by atoms with van der Waals surface area (Å²) in [6.45, 7) is 4.60. The normalized spacial score (nSPS) is 13.7. The first-order chi connectivity index (χ1) is 17.6. The van der Waals surface area contributed by atoms with Gasteiger partial charge in [0.1, 0.15) is 12.0 Å². The molecule has 0 spiro atoms. The van der Waals surface area contributed by atoms with Gasteiger partial charge in [-0.3, -0.25) is 4.90 Å². The first kappa shape index (κ1) is 25.4. The number of anilines is 1. The molecule has 0 unspecified atom stereocenters. The fourth-order valence-corrected chi connectivity index (χ4v) is 4.40. The van der Waals surface area contributed by atoms with Gasteiger partial charge in [0.05, 0.1) is 33.6 Å². The average Bonchev–Trinajstić information content (AvgIpc) is 3.41. The van der Waals surface area contributed by atoms with E-state index in [1.54, 1.807) is 26.7 Å². The molecule has 1 aliphatic rings. The van der Waals surface area contributed by atoms with E-state index in [1.165, 1.54) is 0 Å². The highest BCUT2D eigenvalue weighted by atomic mass is 16.5. The third-order valence-electron chi connectivity index (χ3n) is 6.33. The highest BCUT2D eigenvalue weighted by Crippen LogP contribution is 2.34. The first-order valence-corrected chi connectivity index (χ1v) is 12.5. The Labute approximate surface area is 212 Å². The third-order valence-corrected chi connectivity index (χ3v) is 6.33. The predicted octanol–water partition coefficient (Wildman–Crippen LogP) is 5.68. The van der Waals surface area contributed by atoms with Gasteiger partial charge in [0.15, 0.2) is 17.4 Å². The van der Waals surface area contributed by atoms with Crippen LogP contribution in [0, 0.1) is 0 Å². The molecular weight excluding hydrogens is 458 g/mol. The van der Waals surface area contributed by atoms with Gasteiger partial charge in [-0.15, -0.1) is 0 Å². The molecule has 2 amide bonds. The summed E-state index contributed by atoms with van der Waals surface area (Å²) in [4.78, 5) is 21.4. The summed E-state index contributed by atoms with van der Waals surface area (Å²) in [7, 11) is 3.28. The number of carbonyl (C=O) groups is 1. The fraction of sp³-hybridized carbons (Fsp3) is 0.429. The maximum atomic E-state index is 13.5. The quantitative estimate of drug-likeness (QED) is 0.302. The molecule has 36 heavy (non-hydrogen) atoms. The minimum Gasteiger partial charge on any atom is -0.496 e. The van der Waals surface area contributed by atoms with Crippen LogP contribution in [0.4, 0.5) is 10.5 Å². The van der Waals surface area contributed by atoms with E-state index >= 15 is 0 Å². The van der Waals surface area contributed by atoms with Crippen molar-refractivity contribution in [2.75, 3.05) is 38.8 Å². The number of ether oxygens (including phenoxy) is 3. The topological polar surface area (TPSA) is 77.3 Å². The summed E-state index contributed by atoms with van der Waals surface area (Å²) in [5, 5.41) is 0. The second-order valence-corrected chi connectivity index (χ2v) is 8.85. The molecule has 8 heteroatoms. The van der Waals surface area contributed by atoms with Crippen molar-refractivity contribution in [1.82, 2.24) is 9.88 Å². The number of benzene rings is 2. The van der Waals surface area contributed by atoms with E-state index in [4.69, 9.17) is 18.6 Å². The van der Waals surface area contributed by atoms with Crippen LogP contribution in [-0.2, 0) is 13.0 Å². The van der Waals surface area contributed by atoms with Gasteiger partial charge in [-0.1, -0.05) is 31.9 Å². The lowest BCUT2D eigenvalue weighted by atomic mass is 10.1. The van der Waals surface area contributed by atoms with Crippen LogP contribution in [0.3, 0.4) is 0 Å². The molecule has 2 heterocycles. The van der Waals surface area contributed by atoms with Gasteiger partial charge in [0.25, 0.3) is 0 Å². The van der Waals surface area contributed by atoms with Crippen LogP contribution in [0.2, 0.25) is 0 Å². The summed E-state index contributed by atoms with van der Waals surface area (Å²) >= 11 is 0. The van der Waals surface area contributed by atoms with Crippen molar-refractivity contribution in [2.24, 2.45) is 0 Å². The average molecular weight is 494 g/mol. The fourth-order valence-electron chi connectivity index (χ4n) is 4.40. The lowest BCUT2D eigenvalue weighted by Crippen LogP contribution is -2.49. The maximum absolute atomic E-state index is 13.5. The zero-order valence-corrected chi connectivity index (χ0v) is 21.4. The number of oxazole rings is 1. The van der Waals surface area contributed by atoms with Crippen molar-refractivity contribution in [1.29, 1.82) is 0 Å². The van der Waals surface area contributed by atoms with Crippen molar-refractivity contribution >= 4 is 11.7 Å².